The molecule has 0 aliphatic rings. The second kappa shape index (κ2) is 11.4. The Labute approximate surface area is 198 Å². The van der Waals surface area contributed by atoms with Crippen molar-refractivity contribution >= 4 is 44.6 Å². The SMILES string of the molecule is COc1ccc(CCNCC(O)COc2cc3ccsc3c3ccccc23)cc1OC.Cl. The monoisotopic (exact) mass is 473 g/mol. The molecule has 0 aliphatic carbocycles. The number of aliphatic hydroxyl groups is 1. The van der Waals surface area contributed by atoms with Crippen molar-refractivity contribution in [3.05, 3.63) is 65.5 Å². The number of halogens is 1. The predicted molar refractivity (Wildman–Crippen MR) is 134 cm³/mol. The second-order valence-electron chi connectivity index (χ2n) is 7.37. The highest BCUT2D eigenvalue weighted by atomic mass is 35.5. The van der Waals surface area contributed by atoms with Crippen LogP contribution in [-0.2, 0) is 6.42 Å². The van der Waals surface area contributed by atoms with Crippen LogP contribution in [0.5, 0.6) is 17.2 Å². The van der Waals surface area contributed by atoms with E-state index in [9.17, 15) is 5.11 Å². The van der Waals surface area contributed by atoms with Gasteiger partial charge in [0, 0.05) is 22.0 Å². The third kappa shape index (κ3) is 5.45. The van der Waals surface area contributed by atoms with Gasteiger partial charge in [0.15, 0.2) is 11.5 Å². The molecule has 7 heteroatoms. The number of hydrogen-bond donors (Lipinski definition) is 2. The molecule has 2 N–H and O–H groups in total. The van der Waals surface area contributed by atoms with E-state index in [1.165, 1.54) is 15.5 Å². The maximum Gasteiger partial charge on any atom is 0.160 e. The van der Waals surface area contributed by atoms with Crippen LogP contribution in [0.2, 0.25) is 0 Å². The third-order valence-electron chi connectivity index (χ3n) is 5.27. The smallest absolute Gasteiger partial charge is 0.160 e. The summed E-state index contributed by atoms with van der Waals surface area (Å²) in [5.41, 5.74) is 1.14. The minimum absolute atomic E-state index is 0. The van der Waals surface area contributed by atoms with E-state index in [1.54, 1.807) is 25.6 Å². The average Bonchev–Trinajstić information content (AvgIpc) is 3.29. The molecule has 1 aromatic heterocycles. The van der Waals surface area contributed by atoms with E-state index in [-0.39, 0.29) is 19.0 Å². The molecule has 5 nitrogen and oxygen atoms in total. The van der Waals surface area contributed by atoms with Gasteiger partial charge >= 0.3 is 0 Å². The van der Waals surface area contributed by atoms with E-state index in [1.807, 2.05) is 30.3 Å². The van der Waals surface area contributed by atoms with E-state index < -0.39 is 6.10 Å². The standard InChI is InChI=1S/C25H27NO4S.ClH/c1-28-22-8-7-17(13-24(22)29-2)9-11-26-15-19(27)16-30-23-14-18-10-12-31-25(18)21-6-4-3-5-20(21)23;/h3-8,10,12-14,19,26-27H,9,11,15-16H2,1-2H3;1H. The van der Waals surface area contributed by atoms with Crippen LogP contribution in [0.25, 0.3) is 20.9 Å². The normalized spacial score (nSPS) is 11.8. The molecule has 0 fully saturated rings. The van der Waals surface area contributed by atoms with Crippen molar-refractivity contribution in [2.24, 2.45) is 0 Å². The Morgan fingerprint density at radius 1 is 0.938 bits per heavy atom. The van der Waals surface area contributed by atoms with Crippen LogP contribution in [0.1, 0.15) is 5.56 Å². The Kier molecular flexibility index (Phi) is 8.59. The molecule has 4 aromatic rings. The van der Waals surface area contributed by atoms with Crippen molar-refractivity contribution in [3.63, 3.8) is 0 Å². The van der Waals surface area contributed by atoms with E-state index in [2.05, 4.69) is 35.0 Å². The zero-order chi connectivity index (χ0) is 21.6. The minimum Gasteiger partial charge on any atom is -0.493 e. The lowest BCUT2D eigenvalue weighted by molar-refractivity contribution is 0.107. The molecule has 32 heavy (non-hydrogen) atoms. The predicted octanol–water partition coefficient (Wildman–Crippen LogP) is 5.07. The maximum absolute atomic E-state index is 10.4. The molecule has 0 spiro atoms. The van der Waals surface area contributed by atoms with Crippen molar-refractivity contribution in [2.45, 2.75) is 12.5 Å². The van der Waals surface area contributed by atoms with Crippen molar-refractivity contribution < 1.29 is 19.3 Å². The molecule has 4 rings (SSSR count). The average molecular weight is 474 g/mol. The van der Waals surface area contributed by atoms with Gasteiger partial charge in [0.2, 0.25) is 0 Å². The number of aliphatic hydroxyl groups excluding tert-OH is 1. The van der Waals surface area contributed by atoms with Crippen LogP contribution >= 0.6 is 23.7 Å². The van der Waals surface area contributed by atoms with Crippen LogP contribution in [0.4, 0.5) is 0 Å². The third-order valence-corrected chi connectivity index (χ3v) is 6.23. The van der Waals surface area contributed by atoms with Gasteiger partial charge in [0.1, 0.15) is 18.5 Å². The van der Waals surface area contributed by atoms with Crippen LogP contribution in [0, 0.1) is 0 Å². The topological polar surface area (TPSA) is 60.0 Å². The first kappa shape index (κ1) is 24.1. The van der Waals surface area contributed by atoms with Gasteiger partial charge in [-0.25, -0.2) is 0 Å². The van der Waals surface area contributed by atoms with E-state index >= 15 is 0 Å². The Bertz CT molecular complexity index is 1160. The number of methoxy groups -OCH3 is 2. The van der Waals surface area contributed by atoms with Crippen molar-refractivity contribution in [1.29, 1.82) is 0 Å². The molecule has 0 aliphatic heterocycles. The molecular formula is C25H28ClNO4S. The van der Waals surface area contributed by atoms with Gasteiger partial charge in [0.25, 0.3) is 0 Å². The Morgan fingerprint density at radius 2 is 1.72 bits per heavy atom. The molecule has 170 valence electrons. The quantitative estimate of drug-likeness (QED) is 0.315. The van der Waals surface area contributed by atoms with Crippen molar-refractivity contribution in [3.8, 4) is 17.2 Å². The lowest BCUT2D eigenvalue weighted by Gasteiger charge is -2.15. The maximum atomic E-state index is 10.4. The number of hydrogen-bond acceptors (Lipinski definition) is 6. The summed E-state index contributed by atoms with van der Waals surface area (Å²) in [7, 11) is 3.26. The molecule has 0 saturated heterocycles. The van der Waals surface area contributed by atoms with Crippen LogP contribution < -0.4 is 19.5 Å². The summed E-state index contributed by atoms with van der Waals surface area (Å²) >= 11 is 1.74. The number of ether oxygens (including phenoxy) is 3. The number of thiophene rings is 1. The summed E-state index contributed by atoms with van der Waals surface area (Å²) < 4.78 is 17.9. The molecule has 0 amide bonds. The lowest BCUT2D eigenvalue weighted by atomic mass is 10.1. The first-order valence-electron chi connectivity index (χ1n) is 10.3. The fourth-order valence-electron chi connectivity index (χ4n) is 3.67. The second-order valence-corrected chi connectivity index (χ2v) is 8.28. The molecule has 0 bridgehead atoms. The number of rotatable bonds is 10. The molecule has 0 saturated carbocycles. The zero-order valence-electron chi connectivity index (χ0n) is 18.2. The first-order chi connectivity index (χ1) is 15.2. The fraction of sp³-hybridized carbons (Fsp3) is 0.280. The van der Waals surface area contributed by atoms with Gasteiger partial charge in [-0.3, -0.25) is 0 Å². The molecule has 0 radical (unpaired) electrons. The molecule has 1 atom stereocenters. The van der Waals surface area contributed by atoms with Crippen LogP contribution in [0.3, 0.4) is 0 Å². The number of fused-ring (bicyclic) bond motifs is 3. The van der Waals surface area contributed by atoms with Crippen molar-refractivity contribution in [1.82, 2.24) is 5.32 Å². The first-order valence-corrected chi connectivity index (χ1v) is 11.2. The highest BCUT2D eigenvalue weighted by molar-refractivity contribution is 7.18. The molecule has 1 unspecified atom stereocenters. The summed E-state index contributed by atoms with van der Waals surface area (Å²) in [6, 6.07) is 18.3. The highest BCUT2D eigenvalue weighted by Gasteiger charge is 2.11. The number of benzene rings is 3. The summed E-state index contributed by atoms with van der Waals surface area (Å²) in [4.78, 5) is 0. The van der Waals surface area contributed by atoms with Gasteiger partial charge in [-0.2, -0.15) is 0 Å². The fourth-order valence-corrected chi connectivity index (χ4v) is 4.59. The lowest BCUT2D eigenvalue weighted by Crippen LogP contribution is -2.32. The van der Waals surface area contributed by atoms with Gasteiger partial charge in [-0.1, -0.05) is 30.3 Å². The minimum atomic E-state index is -0.595. The number of nitrogens with one attached hydrogen (secondary N) is 1. The van der Waals surface area contributed by atoms with E-state index in [0.717, 1.165) is 41.2 Å². The van der Waals surface area contributed by atoms with Gasteiger partial charge in [0.05, 0.1) is 14.2 Å². The van der Waals surface area contributed by atoms with E-state index in [4.69, 9.17) is 14.2 Å². The summed E-state index contributed by atoms with van der Waals surface area (Å²) in [5.74, 6) is 2.26. The molecule has 1 heterocycles. The van der Waals surface area contributed by atoms with E-state index in [0.29, 0.717) is 6.54 Å². The summed E-state index contributed by atoms with van der Waals surface area (Å²) in [6.45, 7) is 1.45. The molecule has 3 aromatic carbocycles. The van der Waals surface area contributed by atoms with Gasteiger partial charge in [-0.05, 0) is 53.6 Å². The Morgan fingerprint density at radius 3 is 2.50 bits per heavy atom. The summed E-state index contributed by atoms with van der Waals surface area (Å²) in [5, 5.41) is 19.2. The summed E-state index contributed by atoms with van der Waals surface area (Å²) in [6.07, 6.45) is 0.232. The Hall–Kier alpha value is -2.51. The van der Waals surface area contributed by atoms with Crippen LogP contribution in [-0.4, -0.2) is 45.1 Å². The highest BCUT2D eigenvalue weighted by Crippen LogP contribution is 2.36. The van der Waals surface area contributed by atoms with Crippen molar-refractivity contribution in [2.75, 3.05) is 33.9 Å². The zero-order valence-corrected chi connectivity index (χ0v) is 19.8. The Balaban J connectivity index is 0.00000289. The van der Waals surface area contributed by atoms with Gasteiger partial charge < -0.3 is 24.6 Å². The van der Waals surface area contributed by atoms with Crippen LogP contribution in [0.15, 0.2) is 60.0 Å². The van der Waals surface area contributed by atoms with Gasteiger partial charge in [-0.15, -0.1) is 23.7 Å². The molecular weight excluding hydrogens is 446 g/mol. The largest absolute Gasteiger partial charge is 0.493 e.